The molecular weight excluding hydrogens is 200 g/mol. The van der Waals surface area contributed by atoms with Crippen molar-refractivity contribution in [3.05, 3.63) is 0 Å². The van der Waals surface area contributed by atoms with Crippen LogP contribution in [-0.2, 0) is 13.3 Å². The van der Waals surface area contributed by atoms with E-state index in [1.165, 1.54) is 0 Å². The van der Waals surface area contributed by atoms with Crippen molar-refractivity contribution in [3.63, 3.8) is 0 Å². The van der Waals surface area contributed by atoms with Crippen molar-refractivity contribution in [2.75, 3.05) is 19.8 Å². The molecule has 0 aliphatic carbocycles. The Labute approximate surface area is 86.6 Å². The minimum atomic E-state index is -0.386. The van der Waals surface area contributed by atoms with E-state index >= 15 is 0 Å². The molecule has 0 heterocycles. The Balaban J connectivity index is 0. The lowest BCUT2D eigenvalue weighted by Crippen LogP contribution is -2.05. The highest BCUT2D eigenvalue weighted by Gasteiger charge is 1.89. The molecule has 0 spiro atoms. The van der Waals surface area contributed by atoms with E-state index in [4.69, 9.17) is 13.3 Å². The van der Waals surface area contributed by atoms with Gasteiger partial charge in [-0.05, 0) is 33.9 Å². The van der Waals surface area contributed by atoms with E-state index in [9.17, 15) is 0 Å². The molecule has 0 aliphatic rings. The Hall–Kier alpha value is 0.314. The van der Waals surface area contributed by atoms with Crippen LogP contribution in [0, 0.1) is 0 Å². The van der Waals surface area contributed by atoms with Crippen molar-refractivity contribution >= 4 is 19.0 Å². The molecule has 3 nitrogen and oxygen atoms in total. The van der Waals surface area contributed by atoms with Crippen LogP contribution >= 0.6 is 0 Å². The van der Waals surface area contributed by atoms with Crippen molar-refractivity contribution in [2.24, 2.45) is 0 Å². The monoisotopic (exact) mass is 221 g/mol. The van der Waals surface area contributed by atoms with E-state index in [2.05, 4.69) is 13.1 Å². The fourth-order valence-corrected chi connectivity index (χ4v) is 1.34. The molecule has 0 N–H and O–H groups in total. The molecule has 3 radical (unpaired) electrons. The maximum absolute atomic E-state index is 5.14. The Bertz CT molecular complexity index is 77.8. The van der Waals surface area contributed by atoms with Gasteiger partial charge in [0.05, 0.1) is 0 Å². The molecule has 0 aromatic heterocycles. The fourth-order valence-electron chi connectivity index (χ4n) is 0.448. The highest BCUT2D eigenvalue weighted by molar-refractivity contribution is 6.48. The minimum Gasteiger partial charge on any atom is -0.417 e. The molecule has 0 bridgehead atoms. The number of hydrogen-bond donors (Lipinski definition) is 0. The lowest BCUT2D eigenvalue weighted by molar-refractivity contribution is 0.240. The summed E-state index contributed by atoms with van der Waals surface area (Å²) in [4.78, 5) is 0. The first-order valence-electron chi connectivity index (χ1n) is 4.60. The van der Waals surface area contributed by atoms with Crippen LogP contribution in [0.1, 0.15) is 20.8 Å². The number of hydrogen-bond acceptors (Lipinski definition) is 3. The molecule has 0 saturated carbocycles. The zero-order valence-corrected chi connectivity index (χ0v) is 11.3. The van der Waals surface area contributed by atoms with Crippen LogP contribution < -0.4 is 0 Å². The van der Waals surface area contributed by atoms with Crippen LogP contribution in [-0.4, -0.2) is 38.9 Å². The van der Waals surface area contributed by atoms with Crippen LogP contribution in [0.2, 0.25) is 13.1 Å². The maximum Gasteiger partial charge on any atom is 0.433 e. The van der Waals surface area contributed by atoms with Gasteiger partial charge in [0.2, 0.25) is 9.04 Å². The van der Waals surface area contributed by atoms with E-state index in [1.807, 2.05) is 20.8 Å². The quantitative estimate of drug-likeness (QED) is 0.506. The summed E-state index contributed by atoms with van der Waals surface area (Å²) < 4.78 is 14.9. The Morgan fingerprint density at radius 1 is 0.923 bits per heavy atom. The zero-order chi connectivity index (χ0) is 10.5. The van der Waals surface area contributed by atoms with Crippen LogP contribution in [0.15, 0.2) is 0 Å². The molecule has 0 atom stereocenters. The molecule has 0 saturated heterocycles. The van der Waals surface area contributed by atoms with Crippen molar-refractivity contribution in [2.45, 2.75) is 33.9 Å². The van der Waals surface area contributed by atoms with E-state index in [1.54, 1.807) is 0 Å². The largest absolute Gasteiger partial charge is 0.433 e. The van der Waals surface area contributed by atoms with Gasteiger partial charge in [0.25, 0.3) is 0 Å². The summed E-state index contributed by atoms with van der Waals surface area (Å²) in [5, 5.41) is 0. The summed E-state index contributed by atoms with van der Waals surface area (Å²) in [5.74, 6) is 0. The molecule has 79 valence electrons. The third-order valence-electron chi connectivity index (χ3n) is 0.840. The van der Waals surface area contributed by atoms with Crippen LogP contribution in [0.25, 0.3) is 0 Å². The Kier molecular flexibility index (Phi) is 18.0. The summed E-state index contributed by atoms with van der Waals surface area (Å²) in [6.07, 6.45) is 0. The lowest BCUT2D eigenvalue weighted by Gasteiger charge is -1.97. The van der Waals surface area contributed by atoms with Crippen LogP contribution in [0.4, 0.5) is 0 Å². The van der Waals surface area contributed by atoms with Crippen molar-refractivity contribution in [3.8, 4) is 0 Å². The molecule has 0 unspecified atom stereocenters. The highest BCUT2D eigenvalue weighted by atomic mass is 28.3. The van der Waals surface area contributed by atoms with Gasteiger partial charge in [-0.3, -0.25) is 0 Å². The van der Waals surface area contributed by atoms with Crippen molar-refractivity contribution < 1.29 is 13.3 Å². The highest BCUT2D eigenvalue weighted by Crippen LogP contribution is 1.79. The van der Waals surface area contributed by atoms with Gasteiger partial charge in [-0.2, -0.15) is 0 Å². The summed E-state index contributed by atoms with van der Waals surface area (Å²) in [6.45, 7) is 12.6. The third-order valence-corrected chi connectivity index (χ3v) is 2.52. The third kappa shape index (κ3) is 24.5. The van der Waals surface area contributed by atoms with E-state index in [0.29, 0.717) is 0 Å². The first-order chi connectivity index (χ1) is 6.18. The van der Waals surface area contributed by atoms with Gasteiger partial charge in [0, 0.05) is 19.8 Å². The van der Waals surface area contributed by atoms with Gasteiger partial charge < -0.3 is 13.3 Å². The van der Waals surface area contributed by atoms with Gasteiger partial charge in [-0.15, -0.1) is 0 Å². The smallest absolute Gasteiger partial charge is 0.417 e. The van der Waals surface area contributed by atoms with E-state index < -0.39 is 0 Å². The number of rotatable bonds is 6. The second-order valence-corrected chi connectivity index (χ2v) is 5.14. The van der Waals surface area contributed by atoms with Crippen LogP contribution in [0.5, 0.6) is 0 Å². The molecular formula is C8H21O3Si2. The topological polar surface area (TPSA) is 27.7 Å². The summed E-state index contributed by atoms with van der Waals surface area (Å²) in [7, 11) is -0.153. The van der Waals surface area contributed by atoms with E-state index in [0.717, 1.165) is 19.8 Å². The molecule has 0 rings (SSSR count). The molecule has 0 aromatic carbocycles. The lowest BCUT2D eigenvalue weighted by atomic mass is 10.9. The molecule has 0 aliphatic heterocycles. The fraction of sp³-hybridized carbons (Fsp3) is 1.00. The average molecular weight is 221 g/mol. The average Bonchev–Trinajstić information content (AvgIpc) is 2.06. The second kappa shape index (κ2) is 14.8. The molecule has 13 heavy (non-hydrogen) atoms. The summed E-state index contributed by atoms with van der Waals surface area (Å²) in [5.41, 5.74) is 0. The minimum absolute atomic E-state index is 0.232. The molecule has 0 amide bonds. The predicted octanol–water partition coefficient (Wildman–Crippen LogP) is 1.87. The van der Waals surface area contributed by atoms with Crippen LogP contribution in [0.3, 0.4) is 0 Å². The van der Waals surface area contributed by atoms with Gasteiger partial charge in [0.15, 0.2) is 0 Å². The SMILES string of the molecule is CCO[Si](C)C.CCO[Si]OCC. The summed E-state index contributed by atoms with van der Waals surface area (Å²) in [6, 6.07) is 0. The van der Waals surface area contributed by atoms with Gasteiger partial charge in [-0.25, -0.2) is 0 Å². The standard InChI is InChI=1S/C4H10O2Si.C4H11OSi/c1-3-5-7-6-4-2;1-4-5-6(2)3/h3-4H2,1-2H3;4H2,1-3H3. The summed E-state index contributed by atoms with van der Waals surface area (Å²) >= 11 is 0. The molecule has 0 fully saturated rings. The van der Waals surface area contributed by atoms with Gasteiger partial charge >= 0.3 is 10.0 Å². The molecule has 0 aromatic rings. The zero-order valence-electron chi connectivity index (χ0n) is 9.35. The van der Waals surface area contributed by atoms with E-state index in [-0.39, 0.29) is 19.0 Å². The molecule has 5 heteroatoms. The second-order valence-electron chi connectivity index (χ2n) is 2.29. The van der Waals surface area contributed by atoms with Crippen molar-refractivity contribution in [1.29, 1.82) is 0 Å². The first-order valence-corrected chi connectivity index (χ1v) is 7.82. The normalized spacial score (nSPS) is 9.69. The maximum atomic E-state index is 5.14. The van der Waals surface area contributed by atoms with Gasteiger partial charge in [0.1, 0.15) is 0 Å². The Morgan fingerprint density at radius 2 is 1.38 bits per heavy atom. The van der Waals surface area contributed by atoms with Crippen molar-refractivity contribution in [1.82, 2.24) is 0 Å². The van der Waals surface area contributed by atoms with Gasteiger partial charge in [-0.1, -0.05) is 0 Å². The predicted molar refractivity (Wildman–Crippen MR) is 58.1 cm³/mol. The Morgan fingerprint density at radius 3 is 1.54 bits per heavy atom. The first kappa shape index (κ1) is 15.8.